The normalized spacial score (nSPS) is 10.8. The Morgan fingerprint density at radius 1 is 1.44 bits per heavy atom. The van der Waals surface area contributed by atoms with Crippen LogP contribution >= 0.6 is 0 Å². The lowest BCUT2D eigenvalue weighted by Gasteiger charge is -2.11. The lowest BCUT2D eigenvalue weighted by atomic mass is 10.1. The summed E-state index contributed by atoms with van der Waals surface area (Å²) < 4.78 is 10.9. The molecule has 0 spiro atoms. The number of fused-ring (bicyclic) bond motifs is 1. The fourth-order valence-corrected chi connectivity index (χ4v) is 1.66. The first-order valence-electron chi connectivity index (χ1n) is 5.57. The van der Waals surface area contributed by atoms with E-state index >= 15 is 0 Å². The molecule has 1 aromatic carbocycles. The molecule has 5 nitrogen and oxygen atoms in total. The number of ether oxygens (including phenoxy) is 1. The van der Waals surface area contributed by atoms with E-state index < -0.39 is 5.91 Å². The van der Waals surface area contributed by atoms with Gasteiger partial charge < -0.3 is 14.9 Å². The van der Waals surface area contributed by atoms with Crippen LogP contribution in [0.5, 0.6) is 5.75 Å². The maximum Gasteiger partial charge on any atom is 0.254 e. The molecular formula is C13H14N2O3. The van der Waals surface area contributed by atoms with Gasteiger partial charge in [0.25, 0.3) is 5.91 Å². The van der Waals surface area contributed by atoms with Crippen LogP contribution in [0.2, 0.25) is 0 Å². The van der Waals surface area contributed by atoms with Gasteiger partial charge in [0, 0.05) is 5.39 Å². The van der Waals surface area contributed by atoms with Crippen LogP contribution in [0.15, 0.2) is 28.7 Å². The van der Waals surface area contributed by atoms with Gasteiger partial charge in [-0.05, 0) is 26.0 Å². The van der Waals surface area contributed by atoms with Crippen molar-refractivity contribution < 1.29 is 13.9 Å². The summed E-state index contributed by atoms with van der Waals surface area (Å²) in [6, 6.07) is 6.87. The van der Waals surface area contributed by atoms with Gasteiger partial charge in [-0.3, -0.25) is 10.2 Å². The molecule has 0 unspecified atom stereocenters. The Morgan fingerprint density at radius 3 is 2.78 bits per heavy atom. The van der Waals surface area contributed by atoms with Crippen molar-refractivity contribution in [3.63, 3.8) is 0 Å². The van der Waals surface area contributed by atoms with Gasteiger partial charge in [0.15, 0.2) is 11.3 Å². The molecule has 0 aliphatic heterocycles. The van der Waals surface area contributed by atoms with Crippen LogP contribution in [0.3, 0.4) is 0 Å². The second-order valence-electron chi connectivity index (χ2n) is 4.19. The Hall–Kier alpha value is -2.30. The first-order chi connectivity index (χ1) is 8.49. The molecule has 1 heterocycles. The Bertz CT molecular complexity index is 659. The monoisotopic (exact) mass is 246 g/mol. The van der Waals surface area contributed by atoms with E-state index in [9.17, 15) is 4.79 Å². The second kappa shape index (κ2) is 4.52. The molecule has 2 rings (SSSR count). The van der Waals surface area contributed by atoms with Gasteiger partial charge in [-0.1, -0.05) is 12.1 Å². The van der Waals surface area contributed by atoms with Crippen molar-refractivity contribution in [1.29, 1.82) is 5.41 Å². The van der Waals surface area contributed by atoms with E-state index in [-0.39, 0.29) is 17.2 Å². The number of para-hydroxylation sites is 1. The number of amides is 1. The van der Waals surface area contributed by atoms with Crippen molar-refractivity contribution >= 4 is 16.9 Å². The number of hydrogen-bond donors (Lipinski definition) is 2. The summed E-state index contributed by atoms with van der Waals surface area (Å²) in [5, 5.41) is 8.32. The van der Waals surface area contributed by atoms with E-state index in [0.29, 0.717) is 16.7 Å². The van der Waals surface area contributed by atoms with Crippen LogP contribution in [-0.2, 0) is 0 Å². The number of primary amides is 1. The summed E-state index contributed by atoms with van der Waals surface area (Å²) in [6.45, 7) is 3.80. The minimum atomic E-state index is -0.680. The molecule has 3 N–H and O–H groups in total. The second-order valence-corrected chi connectivity index (χ2v) is 4.19. The Balaban J connectivity index is 2.68. The number of carbonyl (C=O) groups is 1. The summed E-state index contributed by atoms with van der Waals surface area (Å²) >= 11 is 0. The first kappa shape index (κ1) is 12.2. The van der Waals surface area contributed by atoms with E-state index in [1.807, 2.05) is 13.8 Å². The number of rotatable bonds is 3. The zero-order valence-corrected chi connectivity index (χ0v) is 10.2. The molecule has 94 valence electrons. The Kier molecular flexibility index (Phi) is 3.06. The van der Waals surface area contributed by atoms with Crippen molar-refractivity contribution in [2.45, 2.75) is 20.0 Å². The Labute approximate surface area is 104 Å². The van der Waals surface area contributed by atoms with Crippen LogP contribution in [0.25, 0.3) is 11.0 Å². The summed E-state index contributed by atoms with van der Waals surface area (Å²) in [5.74, 6) is -0.132. The van der Waals surface area contributed by atoms with Crippen molar-refractivity contribution in [3.05, 3.63) is 35.4 Å². The fourth-order valence-electron chi connectivity index (χ4n) is 1.66. The Morgan fingerprint density at radius 2 is 2.17 bits per heavy atom. The molecule has 0 saturated heterocycles. The van der Waals surface area contributed by atoms with Crippen molar-refractivity contribution in [2.24, 2.45) is 5.73 Å². The molecule has 0 radical (unpaired) electrons. The molecule has 0 aliphatic carbocycles. The zero-order valence-electron chi connectivity index (χ0n) is 10.2. The third-order valence-corrected chi connectivity index (χ3v) is 2.39. The van der Waals surface area contributed by atoms with E-state index in [0.717, 1.165) is 0 Å². The van der Waals surface area contributed by atoms with Crippen molar-refractivity contribution in [1.82, 2.24) is 0 Å². The third kappa shape index (κ3) is 2.20. The van der Waals surface area contributed by atoms with Crippen LogP contribution in [-0.4, -0.2) is 12.0 Å². The average Bonchev–Trinajstić information content (AvgIpc) is 2.28. The van der Waals surface area contributed by atoms with E-state index in [4.69, 9.17) is 20.3 Å². The third-order valence-electron chi connectivity index (χ3n) is 2.39. The van der Waals surface area contributed by atoms with Crippen LogP contribution in [0.4, 0.5) is 0 Å². The number of hydrogen-bond acceptors (Lipinski definition) is 4. The molecular weight excluding hydrogens is 232 g/mol. The molecule has 0 aliphatic rings. The van der Waals surface area contributed by atoms with Crippen LogP contribution in [0.1, 0.15) is 24.2 Å². The maximum absolute atomic E-state index is 11.1. The predicted octanol–water partition coefficient (Wildman–Crippen LogP) is 1.80. The summed E-state index contributed by atoms with van der Waals surface area (Å²) in [6.07, 6.45) is -0.00389. The fraction of sp³-hybridized carbons (Fsp3) is 0.231. The summed E-state index contributed by atoms with van der Waals surface area (Å²) in [4.78, 5) is 11.1. The highest BCUT2D eigenvalue weighted by Gasteiger charge is 2.11. The molecule has 0 atom stereocenters. The molecule has 0 saturated carbocycles. The van der Waals surface area contributed by atoms with Gasteiger partial charge >= 0.3 is 0 Å². The van der Waals surface area contributed by atoms with E-state index in [2.05, 4.69) is 0 Å². The van der Waals surface area contributed by atoms with Crippen molar-refractivity contribution in [3.8, 4) is 5.75 Å². The minimum absolute atomic E-state index is 0.00389. The van der Waals surface area contributed by atoms with Gasteiger partial charge in [-0.15, -0.1) is 0 Å². The highest BCUT2D eigenvalue weighted by atomic mass is 16.5. The maximum atomic E-state index is 11.1. The largest absolute Gasteiger partial charge is 0.487 e. The minimum Gasteiger partial charge on any atom is -0.487 e. The lowest BCUT2D eigenvalue weighted by Crippen LogP contribution is -2.21. The first-order valence-corrected chi connectivity index (χ1v) is 5.57. The predicted molar refractivity (Wildman–Crippen MR) is 66.4 cm³/mol. The topological polar surface area (TPSA) is 89.3 Å². The summed E-state index contributed by atoms with van der Waals surface area (Å²) in [7, 11) is 0. The van der Waals surface area contributed by atoms with Gasteiger partial charge in [0.2, 0.25) is 5.55 Å². The molecule has 0 bridgehead atoms. The van der Waals surface area contributed by atoms with Crippen LogP contribution < -0.4 is 16.0 Å². The van der Waals surface area contributed by atoms with E-state index in [1.165, 1.54) is 6.07 Å². The highest BCUT2D eigenvalue weighted by Crippen LogP contribution is 2.25. The van der Waals surface area contributed by atoms with Gasteiger partial charge in [0.05, 0.1) is 6.10 Å². The smallest absolute Gasteiger partial charge is 0.254 e. The zero-order chi connectivity index (χ0) is 13.3. The molecule has 2 aromatic rings. The molecule has 1 aromatic heterocycles. The average molecular weight is 246 g/mol. The highest BCUT2D eigenvalue weighted by molar-refractivity contribution is 5.96. The number of nitrogens with one attached hydrogen (secondary N) is 1. The standard InChI is InChI=1S/C13H14N2O3/c1-7(2)17-10-5-3-4-8-6-9(12(14)16)13(15)18-11(8)10/h3-7,15H,1-2H3,(H2,14,16). The van der Waals surface area contributed by atoms with Crippen molar-refractivity contribution in [2.75, 3.05) is 0 Å². The van der Waals surface area contributed by atoms with E-state index in [1.54, 1.807) is 18.2 Å². The molecule has 0 fully saturated rings. The molecule has 5 heteroatoms. The number of benzene rings is 1. The van der Waals surface area contributed by atoms with Gasteiger partial charge in [-0.2, -0.15) is 0 Å². The number of nitrogens with two attached hydrogens (primary N) is 1. The van der Waals surface area contributed by atoms with Crippen LogP contribution in [0, 0.1) is 5.41 Å². The molecule has 18 heavy (non-hydrogen) atoms. The number of carbonyl (C=O) groups excluding carboxylic acids is 1. The van der Waals surface area contributed by atoms with Gasteiger partial charge in [0.1, 0.15) is 5.56 Å². The summed E-state index contributed by atoms with van der Waals surface area (Å²) in [5.41, 5.74) is 5.42. The lowest BCUT2D eigenvalue weighted by molar-refractivity contribution is 0.0996. The van der Waals surface area contributed by atoms with Gasteiger partial charge in [-0.25, -0.2) is 0 Å². The SMILES string of the molecule is CC(C)Oc1cccc2cc(C(N)=O)c(=N)oc12. The quantitative estimate of drug-likeness (QED) is 0.865. The molecule has 1 amide bonds.